The van der Waals surface area contributed by atoms with Gasteiger partial charge in [0.2, 0.25) is 0 Å². The summed E-state index contributed by atoms with van der Waals surface area (Å²) in [5, 5.41) is 0.214. The van der Waals surface area contributed by atoms with E-state index in [0.717, 1.165) is 18.6 Å². The molecule has 0 aromatic carbocycles. The number of carbonyl (C=O) groups excluding carboxylic acids is 1. The lowest BCUT2D eigenvalue weighted by molar-refractivity contribution is -0.245. The molecule has 0 N–H and O–H groups in total. The zero-order valence-corrected chi connectivity index (χ0v) is 26.5. The molecule has 0 aliphatic rings. The first kappa shape index (κ1) is 36.9. The average Bonchev–Trinajstić information content (AvgIpc) is 2.90. The van der Waals surface area contributed by atoms with Gasteiger partial charge >= 0.3 is 13.3 Å². The van der Waals surface area contributed by atoms with Crippen molar-refractivity contribution in [2.45, 2.75) is 162 Å². The molecule has 0 heterocycles. The van der Waals surface area contributed by atoms with Crippen LogP contribution >= 0.6 is 19.4 Å². The van der Waals surface area contributed by atoms with Crippen molar-refractivity contribution < 1.29 is 28.2 Å². The molecule has 6 nitrogen and oxygen atoms in total. The molecule has 0 saturated carbocycles. The van der Waals surface area contributed by atoms with E-state index >= 15 is 0 Å². The van der Waals surface area contributed by atoms with E-state index in [9.17, 15) is 9.36 Å². The highest BCUT2D eigenvalue weighted by Crippen LogP contribution is 2.51. The number of ether oxygens (including phenoxy) is 1. The van der Waals surface area contributed by atoms with Gasteiger partial charge in [-0.2, -0.15) is 11.8 Å². The Hall–Kier alpha value is -0.0700. The third-order valence-electron chi connectivity index (χ3n) is 6.45. The third-order valence-corrected chi connectivity index (χ3v) is 9.40. The van der Waals surface area contributed by atoms with Gasteiger partial charge in [-0.15, -0.1) is 4.67 Å². The minimum atomic E-state index is -4.13. The molecule has 0 aliphatic carbocycles. The van der Waals surface area contributed by atoms with Crippen LogP contribution in [-0.2, 0) is 23.4 Å². The molecule has 3 atom stereocenters. The molecule has 0 fully saturated rings. The Bertz CT molecular complexity index is 563. The van der Waals surface area contributed by atoms with E-state index in [1.165, 1.54) is 96.3 Å². The van der Waals surface area contributed by atoms with Crippen LogP contribution in [0.4, 0.5) is 4.79 Å². The van der Waals surface area contributed by atoms with Crippen molar-refractivity contribution in [3.05, 3.63) is 0 Å². The standard InChI is InChI=1S/C29H59O6PS/c1-6-10-12-14-16-17-18-19-21-23-26-37-28(24-22-20-15-13-11-7-2)27(5)34-35-36(31,33-25-8-3)29(30)32-9-4/h27-28H,6-26H2,1-5H3. The van der Waals surface area contributed by atoms with Gasteiger partial charge < -0.3 is 4.74 Å². The summed E-state index contributed by atoms with van der Waals surface area (Å²) in [7, 11) is -4.13. The van der Waals surface area contributed by atoms with Crippen molar-refractivity contribution in [2.75, 3.05) is 19.0 Å². The molecule has 0 radical (unpaired) electrons. The highest BCUT2D eigenvalue weighted by molar-refractivity contribution is 7.99. The van der Waals surface area contributed by atoms with Crippen LogP contribution in [0.3, 0.4) is 0 Å². The molecule has 0 aromatic rings. The zero-order valence-electron chi connectivity index (χ0n) is 24.8. The SMILES string of the molecule is CCCCCCCCCCCCSC(CCCCCCCC)C(C)OOP(=O)(OCCC)C(=O)OCC. The number of unbranched alkanes of at least 4 members (excludes halogenated alkanes) is 14. The fraction of sp³-hybridized carbons (Fsp3) is 0.966. The summed E-state index contributed by atoms with van der Waals surface area (Å²) in [4.78, 5) is 17.8. The van der Waals surface area contributed by atoms with Crippen molar-refractivity contribution in [1.82, 2.24) is 0 Å². The van der Waals surface area contributed by atoms with Gasteiger partial charge in [0.15, 0.2) is 0 Å². The van der Waals surface area contributed by atoms with E-state index in [2.05, 4.69) is 13.8 Å². The second kappa shape index (κ2) is 26.2. The summed E-state index contributed by atoms with van der Waals surface area (Å²) in [6.45, 7) is 10.2. The van der Waals surface area contributed by atoms with Crippen molar-refractivity contribution in [1.29, 1.82) is 0 Å². The van der Waals surface area contributed by atoms with Crippen molar-refractivity contribution in [3.8, 4) is 0 Å². The normalized spacial score (nSPS) is 14.8. The second-order valence-electron chi connectivity index (χ2n) is 10.1. The summed E-state index contributed by atoms with van der Waals surface area (Å²) < 4.78 is 28.3. The Labute approximate surface area is 233 Å². The highest BCUT2D eigenvalue weighted by Gasteiger charge is 2.39. The van der Waals surface area contributed by atoms with Crippen molar-refractivity contribution >= 4 is 25.1 Å². The molecule has 37 heavy (non-hydrogen) atoms. The number of hydrogen-bond acceptors (Lipinski definition) is 7. The quantitative estimate of drug-likeness (QED) is 0.0403. The maximum absolute atomic E-state index is 13.0. The monoisotopic (exact) mass is 566 g/mol. The lowest BCUT2D eigenvalue weighted by Crippen LogP contribution is -2.25. The summed E-state index contributed by atoms with van der Waals surface area (Å²) in [6, 6.07) is 0. The largest absolute Gasteiger partial charge is 0.464 e. The Morgan fingerprint density at radius 3 is 1.76 bits per heavy atom. The van der Waals surface area contributed by atoms with Crippen LogP contribution in [-0.4, -0.2) is 36.0 Å². The zero-order chi connectivity index (χ0) is 27.6. The van der Waals surface area contributed by atoms with Gasteiger partial charge in [-0.3, -0.25) is 4.52 Å². The maximum atomic E-state index is 13.0. The molecule has 0 aliphatic heterocycles. The van der Waals surface area contributed by atoms with E-state index in [4.69, 9.17) is 18.8 Å². The van der Waals surface area contributed by atoms with E-state index < -0.39 is 13.3 Å². The van der Waals surface area contributed by atoms with Crippen LogP contribution in [0.25, 0.3) is 0 Å². The van der Waals surface area contributed by atoms with Crippen LogP contribution in [0.1, 0.15) is 150 Å². The fourth-order valence-electron chi connectivity index (χ4n) is 4.11. The smallest absolute Gasteiger partial charge is 0.457 e. The minimum absolute atomic E-state index is 0.104. The molecule has 3 unspecified atom stereocenters. The van der Waals surface area contributed by atoms with Crippen LogP contribution < -0.4 is 0 Å². The molecular weight excluding hydrogens is 507 g/mol. The van der Waals surface area contributed by atoms with Gasteiger partial charge in [0.05, 0.1) is 13.2 Å². The number of hydrogen-bond donors (Lipinski definition) is 0. The average molecular weight is 567 g/mol. The Kier molecular flexibility index (Phi) is 26.1. The van der Waals surface area contributed by atoms with Gasteiger partial charge in [0, 0.05) is 5.25 Å². The Balaban J connectivity index is 4.59. The summed E-state index contributed by atoms with van der Waals surface area (Å²) in [6.07, 6.45) is 22.1. The predicted molar refractivity (Wildman–Crippen MR) is 159 cm³/mol. The van der Waals surface area contributed by atoms with E-state index in [-0.39, 0.29) is 24.6 Å². The summed E-state index contributed by atoms with van der Waals surface area (Å²) >= 11 is 1.91. The lowest BCUT2D eigenvalue weighted by atomic mass is 10.1. The summed E-state index contributed by atoms with van der Waals surface area (Å²) in [5.41, 5.74) is -0.985. The molecule has 8 heteroatoms. The van der Waals surface area contributed by atoms with Crippen molar-refractivity contribution in [3.63, 3.8) is 0 Å². The molecule has 0 rings (SSSR count). The van der Waals surface area contributed by atoms with Crippen molar-refractivity contribution in [2.24, 2.45) is 0 Å². The molecule has 0 saturated heterocycles. The van der Waals surface area contributed by atoms with Gasteiger partial charge in [-0.05, 0) is 38.9 Å². The molecule has 0 bridgehead atoms. The number of thioether (sulfide) groups is 1. The first-order valence-electron chi connectivity index (χ1n) is 15.3. The van der Waals surface area contributed by atoms with Crippen LogP contribution in [0.5, 0.6) is 0 Å². The third kappa shape index (κ3) is 20.5. The molecular formula is C29H59O6PS. The van der Waals surface area contributed by atoms with Gasteiger partial charge in [-0.25, -0.2) is 14.2 Å². The fourth-order valence-corrected chi connectivity index (χ4v) is 6.60. The van der Waals surface area contributed by atoms with Crippen LogP contribution in [0.2, 0.25) is 0 Å². The molecule has 222 valence electrons. The molecule has 0 spiro atoms. The topological polar surface area (TPSA) is 71.1 Å². The van der Waals surface area contributed by atoms with Gasteiger partial charge in [-0.1, -0.05) is 117 Å². The van der Waals surface area contributed by atoms with Gasteiger partial charge in [0.1, 0.15) is 6.10 Å². The van der Waals surface area contributed by atoms with E-state index in [0.29, 0.717) is 6.42 Å². The summed E-state index contributed by atoms with van der Waals surface area (Å²) in [5.74, 6) is 1.08. The predicted octanol–water partition coefficient (Wildman–Crippen LogP) is 10.9. The first-order valence-corrected chi connectivity index (χ1v) is 17.9. The van der Waals surface area contributed by atoms with Crippen LogP contribution in [0, 0.1) is 0 Å². The van der Waals surface area contributed by atoms with Gasteiger partial charge in [0.25, 0.3) is 0 Å². The first-order chi connectivity index (χ1) is 17.9. The maximum Gasteiger partial charge on any atom is 0.464 e. The Morgan fingerprint density at radius 1 is 0.730 bits per heavy atom. The molecule has 0 aromatic heterocycles. The van der Waals surface area contributed by atoms with E-state index in [1.807, 2.05) is 25.6 Å². The lowest BCUT2D eigenvalue weighted by Gasteiger charge is -2.24. The molecule has 0 amide bonds. The number of rotatable bonds is 28. The van der Waals surface area contributed by atoms with E-state index in [1.54, 1.807) is 6.92 Å². The second-order valence-corrected chi connectivity index (χ2v) is 13.2. The Morgan fingerprint density at radius 2 is 1.24 bits per heavy atom. The highest BCUT2D eigenvalue weighted by atomic mass is 32.2. The minimum Gasteiger partial charge on any atom is -0.457 e. The van der Waals surface area contributed by atoms with Crippen LogP contribution in [0.15, 0.2) is 0 Å². The number of carbonyl (C=O) groups is 1.